The van der Waals surface area contributed by atoms with Gasteiger partial charge in [0.05, 0.1) is 28.1 Å². The van der Waals surface area contributed by atoms with E-state index in [1.807, 2.05) is 33.8 Å². The average Bonchev–Trinajstić information content (AvgIpc) is 3.11. The molecule has 8 nitrogen and oxygen atoms in total. The van der Waals surface area contributed by atoms with Gasteiger partial charge in [-0.15, -0.1) is 0 Å². The summed E-state index contributed by atoms with van der Waals surface area (Å²) >= 11 is 0. The minimum Gasteiger partial charge on any atom is -0.459 e. The third kappa shape index (κ3) is 4.16. The van der Waals surface area contributed by atoms with Crippen molar-refractivity contribution in [3.63, 3.8) is 0 Å². The number of aliphatic hydroxyl groups is 1. The number of rotatable bonds is 5. The largest absolute Gasteiger partial charge is 0.459 e. The van der Waals surface area contributed by atoms with E-state index >= 15 is 0 Å². The molecule has 2 aromatic carbocycles. The summed E-state index contributed by atoms with van der Waals surface area (Å²) in [5.74, 6) is -2.50. The first-order chi connectivity index (χ1) is 18.4. The number of hydrogen-bond donors (Lipinski definition) is 1. The molecule has 2 saturated carbocycles. The molecule has 1 N–H and O–H groups in total. The molecule has 3 fully saturated rings. The van der Waals surface area contributed by atoms with Crippen LogP contribution in [-0.2, 0) is 23.7 Å². The van der Waals surface area contributed by atoms with E-state index in [0.29, 0.717) is 24.0 Å². The van der Waals surface area contributed by atoms with Crippen molar-refractivity contribution in [3.8, 4) is 0 Å². The summed E-state index contributed by atoms with van der Waals surface area (Å²) in [6.45, 7) is 8.86. The molecule has 1 heterocycles. The van der Waals surface area contributed by atoms with Crippen molar-refractivity contribution in [2.75, 3.05) is 0 Å². The second-order valence-electron chi connectivity index (χ2n) is 11.8. The quantitative estimate of drug-likeness (QED) is 0.444. The number of carbonyl (C=O) groups excluding carboxylic acids is 3. The van der Waals surface area contributed by atoms with E-state index in [1.54, 1.807) is 54.6 Å². The van der Waals surface area contributed by atoms with Gasteiger partial charge in [0.25, 0.3) is 0 Å². The summed E-state index contributed by atoms with van der Waals surface area (Å²) in [6.07, 6.45) is -2.97. The molecule has 0 amide bonds. The Morgan fingerprint density at radius 2 is 1.36 bits per heavy atom. The van der Waals surface area contributed by atoms with Gasteiger partial charge in [-0.3, -0.25) is 4.79 Å². The molecule has 0 aromatic heterocycles. The fourth-order valence-electron chi connectivity index (χ4n) is 7.47. The maximum absolute atomic E-state index is 13.4. The van der Waals surface area contributed by atoms with Crippen LogP contribution in [0.15, 0.2) is 60.7 Å². The number of esters is 3. The molecule has 5 rings (SSSR count). The molecule has 1 saturated heterocycles. The molecule has 208 valence electrons. The predicted octanol–water partition coefficient (Wildman–Crippen LogP) is 4.34. The van der Waals surface area contributed by atoms with E-state index in [0.717, 1.165) is 0 Å². The van der Waals surface area contributed by atoms with Crippen molar-refractivity contribution in [1.82, 2.24) is 0 Å². The van der Waals surface area contributed by atoms with Crippen molar-refractivity contribution in [2.45, 2.75) is 83.1 Å². The van der Waals surface area contributed by atoms with Crippen molar-refractivity contribution in [3.05, 3.63) is 71.8 Å². The smallest absolute Gasteiger partial charge is 0.338 e. The highest BCUT2D eigenvalue weighted by Gasteiger charge is 2.81. The van der Waals surface area contributed by atoms with E-state index in [4.69, 9.17) is 18.9 Å². The minimum atomic E-state index is -1.26. The standard InChI is InChI=1S/C31H36O8/c1-18-16-17-22(37-27(34)20-12-8-6-9-13-20)30(5)26(38-28(35)21-14-10-7-11-15-21)24(33)23-25(36-19(2)32)31(18,30)39-29(23,3)4/h6-15,18,22-26,33H,16-17H2,1-5H3/t18-,22+,23-,24+,25-,26-,30+,31-/m1/s1. The fourth-order valence-corrected chi connectivity index (χ4v) is 7.47. The van der Waals surface area contributed by atoms with Crippen LogP contribution in [0.3, 0.4) is 0 Å². The van der Waals surface area contributed by atoms with Gasteiger partial charge < -0.3 is 24.1 Å². The molecule has 2 bridgehead atoms. The lowest BCUT2D eigenvalue weighted by atomic mass is 9.48. The Labute approximate surface area is 228 Å². The molecule has 1 spiro atoms. The SMILES string of the molecule is CC(=O)O[C@@H]1[C@H]2[C@H](O)[C@@H](OC(=O)c3ccccc3)[C@]3(C)[C@@H](OC(=O)c4ccccc4)CC[C@@H](C)[C@@]13OC2(C)C. The van der Waals surface area contributed by atoms with Crippen LogP contribution in [0.1, 0.15) is 68.2 Å². The summed E-state index contributed by atoms with van der Waals surface area (Å²) < 4.78 is 25.1. The molecular formula is C31H36O8. The lowest BCUT2D eigenvalue weighted by Crippen LogP contribution is -2.76. The van der Waals surface area contributed by atoms with Crippen LogP contribution >= 0.6 is 0 Å². The zero-order valence-corrected chi connectivity index (χ0v) is 23.0. The Kier molecular flexibility index (Phi) is 6.84. The normalized spacial score (nSPS) is 36.4. The van der Waals surface area contributed by atoms with E-state index in [-0.39, 0.29) is 5.92 Å². The summed E-state index contributed by atoms with van der Waals surface area (Å²) in [5.41, 5.74) is -2.69. The number of aliphatic hydroxyl groups excluding tert-OH is 1. The van der Waals surface area contributed by atoms with Crippen molar-refractivity contribution in [2.24, 2.45) is 17.3 Å². The highest BCUT2D eigenvalue weighted by molar-refractivity contribution is 5.90. The Balaban J connectivity index is 1.64. The zero-order chi connectivity index (χ0) is 28.2. The molecule has 0 unspecified atom stereocenters. The van der Waals surface area contributed by atoms with Crippen molar-refractivity contribution >= 4 is 17.9 Å². The van der Waals surface area contributed by atoms with Gasteiger partial charge in [-0.2, -0.15) is 0 Å². The number of ether oxygens (including phenoxy) is 4. The average molecular weight is 537 g/mol. The summed E-state index contributed by atoms with van der Waals surface area (Å²) in [6, 6.07) is 17.2. The Hall–Kier alpha value is -3.23. The number of benzene rings is 2. The van der Waals surface area contributed by atoms with Crippen LogP contribution in [0, 0.1) is 17.3 Å². The molecule has 39 heavy (non-hydrogen) atoms. The summed E-state index contributed by atoms with van der Waals surface area (Å²) in [5, 5.41) is 11.9. The third-order valence-corrected chi connectivity index (χ3v) is 9.15. The molecule has 3 aliphatic rings. The highest BCUT2D eigenvalue weighted by Crippen LogP contribution is 2.67. The Morgan fingerprint density at radius 3 is 1.90 bits per heavy atom. The summed E-state index contributed by atoms with van der Waals surface area (Å²) in [4.78, 5) is 39.1. The zero-order valence-electron chi connectivity index (χ0n) is 23.0. The highest BCUT2D eigenvalue weighted by atomic mass is 16.6. The van der Waals surface area contributed by atoms with E-state index in [2.05, 4.69) is 0 Å². The summed E-state index contributed by atoms with van der Waals surface area (Å²) in [7, 11) is 0. The fraction of sp³-hybridized carbons (Fsp3) is 0.516. The first-order valence-electron chi connectivity index (χ1n) is 13.5. The minimum absolute atomic E-state index is 0.173. The topological polar surface area (TPSA) is 108 Å². The van der Waals surface area contributed by atoms with Crippen LogP contribution in [0.5, 0.6) is 0 Å². The first kappa shape index (κ1) is 27.3. The van der Waals surface area contributed by atoms with Gasteiger partial charge in [0.15, 0.2) is 0 Å². The predicted molar refractivity (Wildman–Crippen MR) is 141 cm³/mol. The molecule has 8 heteroatoms. The Bertz CT molecular complexity index is 1240. The first-order valence-corrected chi connectivity index (χ1v) is 13.5. The lowest BCUT2D eigenvalue weighted by Gasteiger charge is -2.62. The Morgan fingerprint density at radius 1 is 0.821 bits per heavy atom. The molecule has 2 aliphatic carbocycles. The number of fused-ring (bicyclic) bond motifs is 1. The van der Waals surface area contributed by atoms with Gasteiger partial charge in [-0.25, -0.2) is 9.59 Å². The van der Waals surface area contributed by atoms with Gasteiger partial charge in [0, 0.05) is 6.92 Å². The van der Waals surface area contributed by atoms with Gasteiger partial charge in [0.1, 0.15) is 30.0 Å². The maximum atomic E-state index is 13.4. The third-order valence-electron chi connectivity index (χ3n) is 9.15. The van der Waals surface area contributed by atoms with Gasteiger partial charge in [-0.05, 0) is 63.8 Å². The number of hydrogen-bond acceptors (Lipinski definition) is 8. The second kappa shape index (κ2) is 9.75. The van der Waals surface area contributed by atoms with Crippen LogP contribution in [0.4, 0.5) is 0 Å². The van der Waals surface area contributed by atoms with Crippen molar-refractivity contribution in [1.29, 1.82) is 0 Å². The molecule has 8 atom stereocenters. The van der Waals surface area contributed by atoms with Gasteiger partial charge in [-0.1, -0.05) is 43.3 Å². The molecule has 0 radical (unpaired) electrons. The van der Waals surface area contributed by atoms with E-state index in [1.165, 1.54) is 6.92 Å². The van der Waals surface area contributed by atoms with Gasteiger partial charge in [0.2, 0.25) is 0 Å². The monoisotopic (exact) mass is 536 g/mol. The van der Waals surface area contributed by atoms with E-state index < -0.39 is 64.9 Å². The second-order valence-corrected chi connectivity index (χ2v) is 11.8. The van der Waals surface area contributed by atoms with Crippen LogP contribution < -0.4 is 0 Å². The number of carbonyl (C=O) groups is 3. The molecule has 1 aliphatic heterocycles. The van der Waals surface area contributed by atoms with Crippen molar-refractivity contribution < 1.29 is 38.4 Å². The van der Waals surface area contributed by atoms with Crippen LogP contribution in [0.25, 0.3) is 0 Å². The lowest BCUT2D eigenvalue weighted by molar-refractivity contribution is -0.295. The van der Waals surface area contributed by atoms with E-state index in [9.17, 15) is 19.5 Å². The van der Waals surface area contributed by atoms with Crippen LogP contribution in [-0.4, -0.2) is 58.6 Å². The molecule has 2 aromatic rings. The van der Waals surface area contributed by atoms with Gasteiger partial charge >= 0.3 is 17.9 Å². The van der Waals surface area contributed by atoms with Crippen LogP contribution in [0.2, 0.25) is 0 Å². The maximum Gasteiger partial charge on any atom is 0.338 e. The molecular weight excluding hydrogens is 500 g/mol.